The van der Waals surface area contributed by atoms with Gasteiger partial charge in [0.05, 0.1) is 24.3 Å². The van der Waals surface area contributed by atoms with Gasteiger partial charge in [0.25, 0.3) is 0 Å². The molecule has 2 saturated carbocycles. The van der Waals surface area contributed by atoms with Crippen molar-refractivity contribution in [2.45, 2.75) is 55.5 Å². The molecule has 0 spiro atoms. The number of aromatic hydroxyl groups is 1. The zero-order valence-corrected chi connectivity index (χ0v) is 27.8. The van der Waals surface area contributed by atoms with Crippen molar-refractivity contribution in [3.8, 4) is 5.75 Å². The molecular weight excluding hydrogens is 726 g/mol. The second-order valence-corrected chi connectivity index (χ2v) is 14.7. The third-order valence-electron chi connectivity index (χ3n) is 8.73. The summed E-state index contributed by atoms with van der Waals surface area (Å²) < 4.78 is 114. The number of phenolic OH excluding ortho intramolecular Hbond substituents is 1. The lowest BCUT2D eigenvalue weighted by Crippen LogP contribution is -2.43. The molecular formula is C35H27ClF6N2O6S. The van der Waals surface area contributed by atoms with E-state index in [9.17, 15) is 54.6 Å². The highest BCUT2D eigenvalue weighted by atomic mass is 35.5. The van der Waals surface area contributed by atoms with Crippen molar-refractivity contribution >= 4 is 39.2 Å². The van der Waals surface area contributed by atoms with E-state index in [1.807, 2.05) is 12.1 Å². The first kappa shape index (κ1) is 36.2. The minimum atomic E-state index is -5.78. The predicted octanol–water partition coefficient (Wildman–Crippen LogP) is 7.76. The molecule has 0 saturated heterocycles. The molecule has 0 heterocycles. The maximum absolute atomic E-state index is 15.0. The normalized spacial score (nSPS) is 14.6. The van der Waals surface area contributed by atoms with Crippen molar-refractivity contribution in [1.82, 2.24) is 4.31 Å². The fourth-order valence-electron chi connectivity index (χ4n) is 5.76. The Labute approximate surface area is 292 Å². The van der Waals surface area contributed by atoms with E-state index in [4.69, 9.17) is 11.6 Å². The first-order valence-corrected chi connectivity index (χ1v) is 17.3. The number of aromatic carboxylic acids is 1. The topological polar surface area (TPSA) is 115 Å². The summed E-state index contributed by atoms with van der Waals surface area (Å²) in [6.45, 7) is -2.65. The second kappa shape index (κ2) is 13.8. The number of carbonyl (C=O) groups is 2. The number of sulfonamides is 1. The van der Waals surface area contributed by atoms with Gasteiger partial charge in [0.15, 0.2) is 28.2 Å². The van der Waals surface area contributed by atoms with Crippen molar-refractivity contribution in [2.24, 2.45) is 0 Å². The summed E-state index contributed by atoms with van der Waals surface area (Å²) in [5, 5.41) is 19.9. The number of amides is 1. The summed E-state index contributed by atoms with van der Waals surface area (Å²) in [7, 11) is -5.78. The molecule has 6 rings (SSSR count). The van der Waals surface area contributed by atoms with E-state index in [-0.39, 0.29) is 44.5 Å². The molecule has 16 heteroatoms. The van der Waals surface area contributed by atoms with Gasteiger partial charge in [-0.2, -0.15) is 4.31 Å². The summed E-state index contributed by atoms with van der Waals surface area (Å²) in [6, 6.07) is 11.4. The van der Waals surface area contributed by atoms with E-state index >= 15 is 0 Å². The van der Waals surface area contributed by atoms with E-state index < -0.39 is 80.5 Å². The van der Waals surface area contributed by atoms with Crippen molar-refractivity contribution < 1.29 is 54.6 Å². The molecule has 51 heavy (non-hydrogen) atoms. The van der Waals surface area contributed by atoms with E-state index in [1.54, 1.807) is 0 Å². The second-order valence-electron chi connectivity index (χ2n) is 12.5. The third-order valence-corrected chi connectivity index (χ3v) is 10.9. The molecule has 2 aliphatic rings. The fraction of sp³-hybridized carbons (Fsp3) is 0.257. The van der Waals surface area contributed by atoms with Gasteiger partial charge in [0, 0.05) is 11.6 Å². The van der Waals surface area contributed by atoms with Crippen LogP contribution < -0.4 is 4.90 Å². The van der Waals surface area contributed by atoms with Gasteiger partial charge in [-0.1, -0.05) is 35.9 Å². The van der Waals surface area contributed by atoms with Gasteiger partial charge in [-0.15, -0.1) is 0 Å². The summed E-state index contributed by atoms with van der Waals surface area (Å²) in [4.78, 5) is 24.5. The van der Waals surface area contributed by atoms with Crippen molar-refractivity contribution in [3.63, 3.8) is 0 Å². The van der Waals surface area contributed by atoms with Crippen molar-refractivity contribution in [3.05, 3.63) is 122 Å². The molecule has 0 radical (unpaired) electrons. The maximum Gasteiger partial charge on any atom is 0.335 e. The van der Waals surface area contributed by atoms with Gasteiger partial charge >= 0.3 is 5.97 Å². The fourth-order valence-corrected chi connectivity index (χ4v) is 7.47. The van der Waals surface area contributed by atoms with Gasteiger partial charge < -0.3 is 15.1 Å². The van der Waals surface area contributed by atoms with Crippen LogP contribution in [0.15, 0.2) is 59.5 Å². The van der Waals surface area contributed by atoms with Crippen LogP contribution in [0.5, 0.6) is 5.75 Å². The quantitative estimate of drug-likeness (QED) is 0.0869. The third kappa shape index (κ3) is 7.41. The van der Waals surface area contributed by atoms with E-state index in [0.29, 0.717) is 5.56 Å². The highest BCUT2D eigenvalue weighted by molar-refractivity contribution is 7.89. The number of halogens is 7. The number of carboxylic acids is 1. The van der Waals surface area contributed by atoms with Crippen LogP contribution in [0.2, 0.25) is 5.02 Å². The smallest absolute Gasteiger partial charge is 0.335 e. The average Bonchev–Trinajstić information content (AvgIpc) is 4.00. The number of hydrogen-bond acceptors (Lipinski definition) is 5. The van der Waals surface area contributed by atoms with Crippen LogP contribution in [-0.2, 0) is 27.9 Å². The van der Waals surface area contributed by atoms with Gasteiger partial charge in [-0.25, -0.2) is 39.6 Å². The molecule has 2 aliphatic carbocycles. The Balaban J connectivity index is 1.46. The van der Waals surface area contributed by atoms with Crippen molar-refractivity contribution in [2.75, 3.05) is 11.4 Å². The van der Waals surface area contributed by atoms with Crippen LogP contribution in [-0.4, -0.2) is 41.4 Å². The molecule has 8 nitrogen and oxygen atoms in total. The Bertz CT molecular complexity index is 2140. The minimum Gasteiger partial charge on any atom is -0.506 e. The van der Waals surface area contributed by atoms with Gasteiger partial charge in [-0.05, 0) is 90.1 Å². The van der Waals surface area contributed by atoms with Gasteiger partial charge in [0.1, 0.15) is 11.6 Å². The maximum atomic E-state index is 15.0. The van der Waals surface area contributed by atoms with Crippen LogP contribution in [0.1, 0.15) is 70.1 Å². The number of phenols is 1. The largest absolute Gasteiger partial charge is 0.506 e. The molecule has 0 aliphatic heterocycles. The summed E-state index contributed by atoms with van der Waals surface area (Å²) in [5.41, 5.74) is 1.75. The van der Waals surface area contributed by atoms with E-state index in [0.717, 1.165) is 78.1 Å². The molecule has 2 fully saturated rings. The van der Waals surface area contributed by atoms with Crippen molar-refractivity contribution in [1.29, 1.82) is 0 Å². The van der Waals surface area contributed by atoms with E-state index in [2.05, 4.69) is 6.07 Å². The number of hydrogen-bond donors (Lipinski definition) is 2. The number of anilines is 1. The Kier molecular flexibility index (Phi) is 9.83. The highest BCUT2D eigenvalue weighted by Crippen LogP contribution is 2.46. The molecule has 0 bridgehead atoms. The Morgan fingerprint density at radius 3 is 1.84 bits per heavy atom. The first-order valence-electron chi connectivity index (χ1n) is 15.5. The molecule has 1 amide bonds. The van der Waals surface area contributed by atoms with E-state index in [1.165, 1.54) is 0 Å². The number of rotatable bonds is 12. The van der Waals surface area contributed by atoms with Crippen LogP contribution in [0.25, 0.3) is 0 Å². The van der Waals surface area contributed by atoms with Crippen LogP contribution in [0.4, 0.5) is 32.0 Å². The van der Waals surface area contributed by atoms with Gasteiger partial charge in [0.2, 0.25) is 21.7 Å². The lowest BCUT2D eigenvalue weighted by molar-refractivity contribution is -0.119. The predicted molar refractivity (Wildman–Crippen MR) is 172 cm³/mol. The van der Waals surface area contributed by atoms with Crippen LogP contribution in [0, 0.1) is 34.9 Å². The minimum absolute atomic E-state index is 0.110. The molecule has 4 aromatic carbocycles. The molecule has 2 N–H and O–H groups in total. The Morgan fingerprint density at radius 1 is 0.765 bits per heavy atom. The molecule has 0 aromatic heterocycles. The van der Waals surface area contributed by atoms with Gasteiger partial charge in [-0.3, -0.25) is 4.79 Å². The molecule has 268 valence electrons. The lowest BCUT2D eigenvalue weighted by atomic mass is 9.99. The molecule has 0 unspecified atom stereocenters. The summed E-state index contributed by atoms with van der Waals surface area (Å²) in [5.74, 6) is -16.6. The molecule has 0 atom stereocenters. The SMILES string of the molecule is O=C(O)c1ccc(N(Cc2cc(C3CC3)cc(C3CC3)c2)C(=O)CN(Cc2ccc(F)cc2Cl)S(=O)(=O)c2c(F)c(F)c(F)c(F)c2F)c(O)c1. The lowest BCUT2D eigenvalue weighted by Gasteiger charge is -2.29. The highest BCUT2D eigenvalue weighted by Gasteiger charge is 2.39. The first-order chi connectivity index (χ1) is 24.1. The average molecular weight is 753 g/mol. The monoisotopic (exact) mass is 752 g/mol. The standard InChI is InChI=1S/C35H27ClF6N2O6S/c36-25-13-24(37)7-5-21(25)15-43(51(49,50)34-32(41)30(39)29(38)31(40)33(34)42)16-28(46)44(26-8-6-20(35(47)48)12-27(26)45)14-17-9-22(18-1-2-18)11-23(10-17)19-3-4-19/h5-13,18-19,45H,1-4,14-16H2,(H,47,48). The van der Waals surface area contributed by atoms with Crippen LogP contribution in [0.3, 0.4) is 0 Å². The number of nitrogens with zero attached hydrogens (tertiary/aromatic N) is 2. The molecule has 4 aromatic rings. The summed E-state index contributed by atoms with van der Waals surface area (Å²) in [6.07, 6.45) is 3.79. The number of carboxylic acid groups (broad SMARTS) is 1. The zero-order valence-electron chi connectivity index (χ0n) is 26.3. The Hall–Kier alpha value is -4.60. The Morgan fingerprint density at radius 2 is 1.33 bits per heavy atom. The summed E-state index contributed by atoms with van der Waals surface area (Å²) >= 11 is 6.10. The van der Waals surface area contributed by atoms with Crippen LogP contribution >= 0.6 is 11.6 Å². The number of benzene rings is 4. The zero-order chi connectivity index (χ0) is 36.9. The number of carbonyl (C=O) groups excluding carboxylic acids is 1.